The van der Waals surface area contributed by atoms with Crippen LogP contribution < -0.4 is 5.69 Å². The number of rotatable bonds is 1. The zero-order valence-electron chi connectivity index (χ0n) is 7.53. The van der Waals surface area contributed by atoms with E-state index in [1.807, 2.05) is 0 Å². The van der Waals surface area contributed by atoms with Crippen molar-refractivity contribution in [2.45, 2.75) is 6.92 Å². The molecule has 5 nitrogen and oxygen atoms in total. The molecule has 0 saturated heterocycles. The smallest absolute Gasteiger partial charge is 0.384 e. The molecule has 14 heavy (non-hydrogen) atoms. The van der Waals surface area contributed by atoms with Crippen LogP contribution in [0.3, 0.4) is 0 Å². The number of aromatic nitrogens is 2. The lowest BCUT2D eigenvalue weighted by molar-refractivity contribution is -0.136. The standard InChI is InChI=1S/C9H8N2O3/c1-2-14-8(12)4-3-7-5-10-9(13)11-6-7/h5-6H,2H2,1H3,(H,10,11,13). The van der Waals surface area contributed by atoms with E-state index in [0.29, 0.717) is 5.56 Å². The molecule has 0 fully saturated rings. The third-order valence-electron chi connectivity index (χ3n) is 1.26. The molecule has 0 aliphatic heterocycles. The number of esters is 1. The normalized spacial score (nSPS) is 8.64. The molecule has 0 aromatic carbocycles. The van der Waals surface area contributed by atoms with Crippen molar-refractivity contribution >= 4 is 5.97 Å². The largest absolute Gasteiger partial charge is 0.456 e. The van der Waals surface area contributed by atoms with Gasteiger partial charge in [0.15, 0.2) is 0 Å². The second-order valence-corrected chi connectivity index (χ2v) is 2.28. The Morgan fingerprint density at radius 1 is 1.71 bits per heavy atom. The quantitative estimate of drug-likeness (QED) is 0.489. The van der Waals surface area contributed by atoms with Gasteiger partial charge < -0.3 is 9.72 Å². The summed E-state index contributed by atoms with van der Waals surface area (Å²) in [6.07, 6.45) is 2.66. The summed E-state index contributed by atoms with van der Waals surface area (Å²) in [5, 5.41) is 0. The number of carbonyl (C=O) groups is 1. The van der Waals surface area contributed by atoms with E-state index in [1.165, 1.54) is 12.4 Å². The average molecular weight is 192 g/mol. The molecule has 0 amide bonds. The Morgan fingerprint density at radius 3 is 3.07 bits per heavy atom. The maximum absolute atomic E-state index is 10.8. The van der Waals surface area contributed by atoms with Gasteiger partial charge in [-0.3, -0.25) is 0 Å². The fourth-order valence-corrected chi connectivity index (χ4v) is 0.701. The molecule has 0 atom stereocenters. The van der Waals surface area contributed by atoms with E-state index in [2.05, 4.69) is 26.5 Å². The minimum absolute atomic E-state index is 0.289. The monoisotopic (exact) mass is 192 g/mol. The van der Waals surface area contributed by atoms with E-state index in [-0.39, 0.29) is 6.61 Å². The number of aromatic amines is 1. The van der Waals surface area contributed by atoms with E-state index in [0.717, 1.165) is 0 Å². The first-order valence-electron chi connectivity index (χ1n) is 3.96. The molecule has 0 aliphatic carbocycles. The summed E-state index contributed by atoms with van der Waals surface area (Å²) in [7, 11) is 0. The Bertz CT molecular complexity index is 419. The third kappa shape index (κ3) is 3.11. The number of ether oxygens (including phenoxy) is 1. The lowest BCUT2D eigenvalue weighted by Gasteiger charge is -1.90. The Balaban J connectivity index is 2.73. The van der Waals surface area contributed by atoms with Gasteiger partial charge in [0.25, 0.3) is 0 Å². The molecule has 1 rings (SSSR count). The molecular weight excluding hydrogens is 184 g/mol. The third-order valence-corrected chi connectivity index (χ3v) is 1.26. The van der Waals surface area contributed by atoms with Gasteiger partial charge in [0.05, 0.1) is 12.2 Å². The highest BCUT2D eigenvalue weighted by Gasteiger charge is 1.93. The number of nitrogens with one attached hydrogen (secondary N) is 1. The SMILES string of the molecule is CCOC(=O)C#Cc1cnc(=O)[nH]c1. The Labute approximate surface area is 80.1 Å². The Morgan fingerprint density at radius 2 is 2.50 bits per heavy atom. The van der Waals surface area contributed by atoms with Gasteiger partial charge in [0.1, 0.15) is 0 Å². The molecule has 0 saturated carbocycles. The van der Waals surface area contributed by atoms with Gasteiger partial charge in [-0.15, -0.1) is 0 Å². The lowest BCUT2D eigenvalue weighted by atomic mass is 10.3. The highest BCUT2D eigenvalue weighted by atomic mass is 16.5. The first-order chi connectivity index (χ1) is 6.72. The molecular formula is C9H8N2O3. The zero-order chi connectivity index (χ0) is 10.4. The second kappa shape index (κ2) is 4.82. The topological polar surface area (TPSA) is 72.0 Å². The van der Waals surface area contributed by atoms with Crippen LogP contribution in [-0.2, 0) is 9.53 Å². The minimum Gasteiger partial charge on any atom is -0.456 e. The van der Waals surface area contributed by atoms with Crippen LogP contribution in [0.4, 0.5) is 0 Å². The van der Waals surface area contributed by atoms with Gasteiger partial charge in [-0.2, -0.15) is 0 Å². The fraction of sp³-hybridized carbons (Fsp3) is 0.222. The van der Waals surface area contributed by atoms with Crippen molar-refractivity contribution in [3.8, 4) is 11.8 Å². The summed E-state index contributed by atoms with van der Waals surface area (Å²) in [5.41, 5.74) is 0.00402. The summed E-state index contributed by atoms with van der Waals surface area (Å²) in [5.74, 6) is 4.15. The van der Waals surface area contributed by atoms with Crippen LogP contribution in [0.1, 0.15) is 12.5 Å². The average Bonchev–Trinajstić information content (AvgIpc) is 2.17. The van der Waals surface area contributed by atoms with Crippen molar-refractivity contribution < 1.29 is 9.53 Å². The van der Waals surface area contributed by atoms with E-state index >= 15 is 0 Å². The van der Waals surface area contributed by atoms with Gasteiger partial charge in [-0.1, -0.05) is 5.92 Å². The fourth-order valence-electron chi connectivity index (χ4n) is 0.701. The number of carbonyl (C=O) groups excluding carboxylic acids is 1. The molecule has 1 N–H and O–H groups in total. The van der Waals surface area contributed by atoms with Crippen molar-refractivity contribution in [1.29, 1.82) is 0 Å². The van der Waals surface area contributed by atoms with Crippen LogP contribution in [0.15, 0.2) is 17.2 Å². The molecule has 1 heterocycles. The van der Waals surface area contributed by atoms with E-state index in [9.17, 15) is 9.59 Å². The molecule has 72 valence electrons. The predicted octanol–water partition coefficient (Wildman–Crippen LogP) is -0.316. The molecule has 0 aliphatic rings. The highest BCUT2D eigenvalue weighted by Crippen LogP contribution is 1.86. The van der Waals surface area contributed by atoms with Gasteiger partial charge >= 0.3 is 11.7 Å². The summed E-state index contributed by atoms with van der Waals surface area (Å²) >= 11 is 0. The Kier molecular flexibility index (Phi) is 3.44. The molecule has 0 bridgehead atoms. The molecule has 1 aromatic rings. The molecule has 0 spiro atoms. The van der Waals surface area contributed by atoms with Crippen molar-refractivity contribution in [2.24, 2.45) is 0 Å². The van der Waals surface area contributed by atoms with Gasteiger partial charge in [-0.05, 0) is 6.92 Å². The van der Waals surface area contributed by atoms with Crippen molar-refractivity contribution in [3.05, 3.63) is 28.4 Å². The maximum Gasteiger partial charge on any atom is 0.384 e. The molecule has 5 heteroatoms. The molecule has 0 radical (unpaired) electrons. The number of hydrogen-bond donors (Lipinski definition) is 1. The predicted molar refractivity (Wildman–Crippen MR) is 48.4 cm³/mol. The highest BCUT2D eigenvalue weighted by molar-refractivity contribution is 5.89. The van der Waals surface area contributed by atoms with Gasteiger partial charge in [-0.25, -0.2) is 14.6 Å². The zero-order valence-corrected chi connectivity index (χ0v) is 7.53. The molecule has 0 unspecified atom stereocenters. The van der Waals surface area contributed by atoms with Crippen LogP contribution in [0, 0.1) is 11.8 Å². The minimum atomic E-state index is -0.598. The van der Waals surface area contributed by atoms with Crippen LogP contribution in [0.2, 0.25) is 0 Å². The maximum atomic E-state index is 10.8. The van der Waals surface area contributed by atoms with Crippen LogP contribution in [0.25, 0.3) is 0 Å². The number of hydrogen-bond acceptors (Lipinski definition) is 4. The van der Waals surface area contributed by atoms with Crippen molar-refractivity contribution in [2.75, 3.05) is 6.61 Å². The number of nitrogens with zero attached hydrogens (tertiary/aromatic N) is 1. The van der Waals surface area contributed by atoms with E-state index in [1.54, 1.807) is 6.92 Å². The van der Waals surface area contributed by atoms with Gasteiger partial charge in [0.2, 0.25) is 0 Å². The van der Waals surface area contributed by atoms with Crippen molar-refractivity contribution in [1.82, 2.24) is 9.97 Å². The first kappa shape index (κ1) is 9.99. The summed E-state index contributed by atoms with van der Waals surface area (Å²) in [6, 6.07) is 0. The summed E-state index contributed by atoms with van der Waals surface area (Å²) < 4.78 is 4.58. The van der Waals surface area contributed by atoms with Gasteiger partial charge in [0, 0.05) is 18.3 Å². The van der Waals surface area contributed by atoms with Crippen LogP contribution >= 0.6 is 0 Å². The van der Waals surface area contributed by atoms with Crippen LogP contribution in [-0.4, -0.2) is 22.5 Å². The Hall–Kier alpha value is -2.09. The summed E-state index contributed by atoms with van der Waals surface area (Å²) in [6.45, 7) is 1.98. The lowest BCUT2D eigenvalue weighted by Crippen LogP contribution is -2.08. The van der Waals surface area contributed by atoms with E-state index < -0.39 is 11.7 Å². The van der Waals surface area contributed by atoms with Crippen LogP contribution in [0.5, 0.6) is 0 Å². The molecule has 1 aromatic heterocycles. The van der Waals surface area contributed by atoms with Crippen molar-refractivity contribution in [3.63, 3.8) is 0 Å². The first-order valence-corrected chi connectivity index (χ1v) is 3.96. The second-order valence-electron chi connectivity index (χ2n) is 2.28. The summed E-state index contributed by atoms with van der Waals surface area (Å²) in [4.78, 5) is 27.1. The number of H-pyrrole nitrogens is 1. The van der Waals surface area contributed by atoms with E-state index in [4.69, 9.17) is 0 Å².